The number of nitrogens with zero attached hydrogens (tertiary/aromatic N) is 4. The van der Waals surface area contributed by atoms with E-state index in [1.54, 1.807) is 24.0 Å². The summed E-state index contributed by atoms with van der Waals surface area (Å²) in [6.07, 6.45) is 1.99. The Hall–Kier alpha value is -3.40. The van der Waals surface area contributed by atoms with Gasteiger partial charge in [-0.05, 0) is 31.0 Å². The molecular formula is C19H23N5O5. The smallest absolute Gasteiger partial charge is 0.323 e. The van der Waals surface area contributed by atoms with Crippen molar-refractivity contribution in [2.45, 2.75) is 25.9 Å². The molecule has 1 saturated heterocycles. The van der Waals surface area contributed by atoms with Gasteiger partial charge in [0.25, 0.3) is 5.96 Å². The van der Waals surface area contributed by atoms with Gasteiger partial charge < -0.3 is 19.4 Å². The highest BCUT2D eigenvalue weighted by Crippen LogP contribution is 2.16. The first-order chi connectivity index (χ1) is 14.1. The van der Waals surface area contributed by atoms with Crippen molar-refractivity contribution in [1.82, 2.24) is 15.1 Å². The molecule has 0 aliphatic carbocycles. The molecule has 1 N–H and O–H groups in total. The Labute approximate surface area is 167 Å². The quantitative estimate of drug-likeness (QED) is 0.403. The summed E-state index contributed by atoms with van der Waals surface area (Å²) in [5.41, 5.74) is 0.993. The number of benzene rings is 1. The summed E-state index contributed by atoms with van der Waals surface area (Å²) in [7, 11) is 0. The van der Waals surface area contributed by atoms with E-state index in [0.717, 1.165) is 5.56 Å². The van der Waals surface area contributed by atoms with E-state index in [1.165, 1.54) is 6.26 Å². The highest BCUT2D eigenvalue weighted by atomic mass is 16.7. The molecule has 1 aliphatic heterocycles. The Morgan fingerprint density at radius 1 is 1.34 bits per heavy atom. The molecule has 0 bridgehead atoms. The van der Waals surface area contributed by atoms with Crippen LogP contribution in [0.2, 0.25) is 0 Å². The SMILES string of the molecule is CCOC(=O)[C@H](Cc1ccccc1)N1CN/C(=N\[N+](=O)[O-])N(Cc2ccco2)C1. The minimum Gasteiger partial charge on any atom is -0.467 e. The van der Waals surface area contributed by atoms with Crippen molar-refractivity contribution in [2.75, 3.05) is 19.9 Å². The Morgan fingerprint density at radius 2 is 2.14 bits per heavy atom. The van der Waals surface area contributed by atoms with Gasteiger partial charge in [0.1, 0.15) is 16.9 Å². The van der Waals surface area contributed by atoms with Gasteiger partial charge in [-0.15, -0.1) is 0 Å². The van der Waals surface area contributed by atoms with Crippen LogP contribution in [0.1, 0.15) is 18.2 Å². The summed E-state index contributed by atoms with van der Waals surface area (Å²) in [5, 5.41) is 16.5. The largest absolute Gasteiger partial charge is 0.467 e. The standard InChI is InChI=1S/C19H23N5O5/c1-2-28-18(25)17(11-15-7-4-3-5-8-15)23-13-20-19(21-24(26)27)22(14-23)12-16-9-6-10-29-16/h3-10,17H,2,11-14H2,1H3,(H,20,21)/t17-/m0/s1. The van der Waals surface area contributed by atoms with Crippen LogP contribution in [-0.2, 0) is 22.5 Å². The number of hydrazone groups is 1. The fraction of sp³-hybridized carbons (Fsp3) is 0.368. The van der Waals surface area contributed by atoms with Crippen molar-refractivity contribution >= 4 is 11.9 Å². The molecule has 1 atom stereocenters. The van der Waals surface area contributed by atoms with Gasteiger partial charge >= 0.3 is 5.97 Å². The summed E-state index contributed by atoms with van der Waals surface area (Å²) < 4.78 is 10.6. The van der Waals surface area contributed by atoms with Crippen LogP contribution < -0.4 is 5.32 Å². The zero-order valence-corrected chi connectivity index (χ0v) is 16.1. The third kappa shape index (κ3) is 5.55. The molecule has 10 nitrogen and oxygen atoms in total. The summed E-state index contributed by atoms with van der Waals surface area (Å²) in [6, 6.07) is 12.6. The van der Waals surface area contributed by atoms with E-state index in [1.807, 2.05) is 35.2 Å². The van der Waals surface area contributed by atoms with Crippen LogP contribution in [0.4, 0.5) is 0 Å². The third-order valence-electron chi connectivity index (χ3n) is 4.47. The molecule has 2 aromatic rings. The summed E-state index contributed by atoms with van der Waals surface area (Å²) in [4.78, 5) is 27.1. The Balaban J connectivity index is 1.81. The number of hydrogen-bond donors (Lipinski definition) is 1. The molecule has 154 valence electrons. The van der Waals surface area contributed by atoms with Crippen LogP contribution in [0, 0.1) is 10.1 Å². The van der Waals surface area contributed by atoms with Crippen LogP contribution in [-0.4, -0.2) is 52.7 Å². The summed E-state index contributed by atoms with van der Waals surface area (Å²) >= 11 is 0. The molecule has 2 heterocycles. The molecule has 29 heavy (non-hydrogen) atoms. The molecule has 10 heteroatoms. The van der Waals surface area contributed by atoms with E-state index < -0.39 is 11.1 Å². The molecule has 0 radical (unpaired) electrons. The number of guanidine groups is 1. The van der Waals surface area contributed by atoms with Crippen LogP contribution >= 0.6 is 0 Å². The Morgan fingerprint density at radius 3 is 2.79 bits per heavy atom. The first-order valence-electron chi connectivity index (χ1n) is 9.25. The molecule has 0 unspecified atom stereocenters. The average Bonchev–Trinajstić information content (AvgIpc) is 3.21. The highest BCUT2D eigenvalue weighted by Gasteiger charge is 2.34. The van der Waals surface area contributed by atoms with E-state index in [2.05, 4.69) is 10.4 Å². The van der Waals surface area contributed by atoms with Crippen molar-refractivity contribution in [3.8, 4) is 0 Å². The van der Waals surface area contributed by atoms with Gasteiger partial charge in [0.2, 0.25) is 0 Å². The van der Waals surface area contributed by atoms with E-state index >= 15 is 0 Å². The monoisotopic (exact) mass is 401 g/mol. The maximum atomic E-state index is 12.7. The van der Waals surface area contributed by atoms with Gasteiger partial charge in [-0.3, -0.25) is 9.69 Å². The predicted molar refractivity (Wildman–Crippen MR) is 104 cm³/mol. The molecule has 0 amide bonds. The lowest BCUT2D eigenvalue weighted by Crippen LogP contribution is -2.61. The highest BCUT2D eigenvalue weighted by molar-refractivity contribution is 5.81. The number of furan rings is 1. The number of rotatable bonds is 8. The van der Waals surface area contributed by atoms with Gasteiger partial charge in [0.05, 0.1) is 32.8 Å². The average molecular weight is 401 g/mol. The Kier molecular flexibility index (Phi) is 6.80. The summed E-state index contributed by atoms with van der Waals surface area (Å²) in [5.74, 6) is 0.399. The molecular weight excluding hydrogens is 378 g/mol. The number of carbonyl (C=O) groups is 1. The van der Waals surface area contributed by atoms with Crippen molar-refractivity contribution in [1.29, 1.82) is 0 Å². The zero-order chi connectivity index (χ0) is 20.6. The second-order valence-electron chi connectivity index (χ2n) is 6.46. The topological polar surface area (TPSA) is 113 Å². The maximum Gasteiger partial charge on any atom is 0.323 e. The fourth-order valence-electron chi connectivity index (χ4n) is 3.16. The lowest BCUT2D eigenvalue weighted by Gasteiger charge is -2.39. The normalized spacial score (nSPS) is 17.0. The van der Waals surface area contributed by atoms with Crippen LogP contribution in [0.15, 0.2) is 58.2 Å². The van der Waals surface area contributed by atoms with E-state index in [4.69, 9.17) is 9.15 Å². The molecule has 1 aromatic carbocycles. The van der Waals surface area contributed by atoms with Gasteiger partial charge in [0.15, 0.2) is 5.03 Å². The summed E-state index contributed by atoms with van der Waals surface area (Å²) in [6.45, 7) is 2.77. The molecule has 1 aromatic heterocycles. The second-order valence-corrected chi connectivity index (χ2v) is 6.46. The van der Waals surface area contributed by atoms with Crippen LogP contribution in [0.3, 0.4) is 0 Å². The zero-order valence-electron chi connectivity index (χ0n) is 16.1. The van der Waals surface area contributed by atoms with Gasteiger partial charge in [0, 0.05) is 0 Å². The number of nitrogens with one attached hydrogen (secondary N) is 1. The van der Waals surface area contributed by atoms with Crippen molar-refractivity contribution in [3.63, 3.8) is 0 Å². The molecule has 0 saturated carbocycles. The molecule has 0 spiro atoms. The molecule has 1 aliphatic rings. The lowest BCUT2D eigenvalue weighted by atomic mass is 10.0. The van der Waals surface area contributed by atoms with Gasteiger partial charge in [-0.25, -0.2) is 10.1 Å². The van der Waals surface area contributed by atoms with Crippen molar-refractivity contribution in [3.05, 3.63) is 70.2 Å². The van der Waals surface area contributed by atoms with Crippen molar-refractivity contribution in [2.24, 2.45) is 5.10 Å². The second kappa shape index (κ2) is 9.69. The first kappa shape index (κ1) is 20.3. The first-order valence-corrected chi connectivity index (χ1v) is 9.25. The molecule has 3 rings (SSSR count). The number of hydrogen-bond acceptors (Lipinski definition) is 6. The minimum absolute atomic E-state index is 0.116. The van der Waals surface area contributed by atoms with E-state index in [-0.39, 0.29) is 38.4 Å². The van der Waals surface area contributed by atoms with Gasteiger partial charge in [-0.2, -0.15) is 0 Å². The predicted octanol–water partition coefficient (Wildman–Crippen LogP) is 1.62. The number of carbonyl (C=O) groups excluding carboxylic acids is 1. The van der Waals surface area contributed by atoms with Gasteiger partial charge in [-0.1, -0.05) is 30.3 Å². The van der Waals surface area contributed by atoms with E-state index in [0.29, 0.717) is 12.2 Å². The maximum absolute atomic E-state index is 12.7. The number of nitro groups is 1. The minimum atomic E-state index is -0.750. The third-order valence-corrected chi connectivity index (χ3v) is 4.47. The lowest BCUT2D eigenvalue weighted by molar-refractivity contribution is -0.486. The van der Waals surface area contributed by atoms with Crippen molar-refractivity contribution < 1.29 is 19.0 Å². The molecule has 1 fully saturated rings. The van der Waals surface area contributed by atoms with Crippen LogP contribution in [0.5, 0.6) is 0 Å². The number of ether oxygens (including phenoxy) is 1. The Bertz CT molecular complexity index is 840. The number of esters is 1. The van der Waals surface area contributed by atoms with Crippen LogP contribution in [0.25, 0.3) is 0 Å². The fourth-order valence-corrected chi connectivity index (χ4v) is 3.16. The van der Waals surface area contributed by atoms with E-state index in [9.17, 15) is 14.9 Å².